The highest BCUT2D eigenvalue weighted by atomic mass is 16.4. The molecular weight excluding hydrogens is 172 g/mol. The van der Waals surface area contributed by atoms with E-state index < -0.39 is 5.97 Å². The van der Waals surface area contributed by atoms with Crippen molar-refractivity contribution in [1.82, 2.24) is 9.97 Å². The van der Waals surface area contributed by atoms with E-state index in [1.54, 1.807) is 0 Å². The van der Waals surface area contributed by atoms with Crippen molar-refractivity contribution < 1.29 is 9.90 Å². The van der Waals surface area contributed by atoms with Gasteiger partial charge in [-0.15, -0.1) is 0 Å². The van der Waals surface area contributed by atoms with Gasteiger partial charge in [-0.3, -0.25) is 9.59 Å². The summed E-state index contributed by atoms with van der Waals surface area (Å²) in [6, 6.07) is 1.32. The summed E-state index contributed by atoms with van der Waals surface area (Å²) in [5, 5.41) is 8.35. The number of aryl methyl sites for hydroxylation is 1. The average molecular weight is 182 g/mol. The number of aliphatic carboxylic acids is 1. The third-order valence-electron chi connectivity index (χ3n) is 1.53. The Kier molecular flexibility index (Phi) is 3.19. The first-order valence-corrected chi connectivity index (χ1v) is 3.94. The van der Waals surface area contributed by atoms with Crippen LogP contribution in [0.2, 0.25) is 0 Å². The van der Waals surface area contributed by atoms with E-state index >= 15 is 0 Å². The summed E-state index contributed by atoms with van der Waals surface area (Å²) < 4.78 is 0. The van der Waals surface area contributed by atoms with Gasteiger partial charge in [0.25, 0.3) is 5.56 Å². The van der Waals surface area contributed by atoms with Crippen LogP contribution in [0.4, 0.5) is 0 Å². The zero-order valence-corrected chi connectivity index (χ0v) is 6.99. The van der Waals surface area contributed by atoms with Gasteiger partial charge in [0.1, 0.15) is 5.82 Å². The molecule has 0 aliphatic heterocycles. The number of aromatic amines is 1. The molecule has 0 fully saturated rings. The van der Waals surface area contributed by atoms with Crippen molar-refractivity contribution in [2.75, 3.05) is 0 Å². The van der Waals surface area contributed by atoms with Crippen molar-refractivity contribution in [3.8, 4) is 0 Å². The van der Waals surface area contributed by atoms with E-state index in [1.165, 1.54) is 12.3 Å². The standard InChI is InChI=1S/C8H10N2O3/c11-7-4-5-9-6(10-7)2-1-3-8(12)13/h4-5H,1-3H2,(H,12,13)(H,9,10,11). The van der Waals surface area contributed by atoms with E-state index in [4.69, 9.17) is 5.11 Å². The van der Waals surface area contributed by atoms with Crippen LogP contribution in [0.3, 0.4) is 0 Å². The van der Waals surface area contributed by atoms with Crippen LogP contribution in [0.1, 0.15) is 18.7 Å². The minimum Gasteiger partial charge on any atom is -0.481 e. The Labute approximate surface area is 74.4 Å². The SMILES string of the molecule is O=C(O)CCCc1nccc(=O)[nH]1. The topological polar surface area (TPSA) is 83.0 Å². The van der Waals surface area contributed by atoms with Crippen LogP contribution in [0.5, 0.6) is 0 Å². The minimum absolute atomic E-state index is 0.0958. The highest BCUT2D eigenvalue weighted by molar-refractivity contribution is 5.66. The predicted octanol–water partition coefficient (Wildman–Crippen LogP) is 0.177. The van der Waals surface area contributed by atoms with Crippen LogP contribution in [0.15, 0.2) is 17.1 Å². The summed E-state index contributed by atoms with van der Waals surface area (Å²) in [5.41, 5.74) is -0.208. The van der Waals surface area contributed by atoms with Crippen molar-refractivity contribution >= 4 is 5.97 Å². The van der Waals surface area contributed by atoms with Crippen LogP contribution in [-0.2, 0) is 11.2 Å². The number of carboxylic acid groups (broad SMARTS) is 1. The molecule has 13 heavy (non-hydrogen) atoms. The maximum absolute atomic E-state index is 10.8. The van der Waals surface area contributed by atoms with Crippen molar-refractivity contribution in [3.63, 3.8) is 0 Å². The molecule has 1 aromatic rings. The smallest absolute Gasteiger partial charge is 0.303 e. The lowest BCUT2D eigenvalue weighted by Gasteiger charge is -1.96. The Bertz CT molecular complexity index is 345. The molecule has 5 heteroatoms. The Morgan fingerprint density at radius 1 is 1.62 bits per heavy atom. The lowest BCUT2D eigenvalue weighted by Crippen LogP contribution is -2.09. The monoisotopic (exact) mass is 182 g/mol. The van der Waals surface area contributed by atoms with Crippen LogP contribution in [0.25, 0.3) is 0 Å². The zero-order chi connectivity index (χ0) is 9.68. The van der Waals surface area contributed by atoms with E-state index in [0.717, 1.165) is 0 Å². The lowest BCUT2D eigenvalue weighted by atomic mass is 10.2. The molecule has 0 saturated carbocycles. The van der Waals surface area contributed by atoms with Gasteiger partial charge in [-0.25, -0.2) is 4.98 Å². The lowest BCUT2D eigenvalue weighted by molar-refractivity contribution is -0.137. The van der Waals surface area contributed by atoms with Gasteiger partial charge in [-0.2, -0.15) is 0 Å². The van der Waals surface area contributed by atoms with Gasteiger partial charge < -0.3 is 10.1 Å². The maximum Gasteiger partial charge on any atom is 0.303 e. The van der Waals surface area contributed by atoms with Crippen molar-refractivity contribution in [3.05, 3.63) is 28.4 Å². The number of hydrogen-bond acceptors (Lipinski definition) is 3. The second kappa shape index (κ2) is 4.39. The second-order valence-electron chi connectivity index (χ2n) is 2.63. The molecule has 1 rings (SSSR count). The van der Waals surface area contributed by atoms with E-state index in [-0.39, 0.29) is 12.0 Å². The fourth-order valence-corrected chi connectivity index (χ4v) is 0.945. The molecule has 0 spiro atoms. The van der Waals surface area contributed by atoms with Crippen LogP contribution in [-0.4, -0.2) is 21.0 Å². The summed E-state index contributed by atoms with van der Waals surface area (Å²) in [6.07, 6.45) is 2.48. The van der Waals surface area contributed by atoms with E-state index in [0.29, 0.717) is 18.7 Å². The third-order valence-corrected chi connectivity index (χ3v) is 1.53. The largest absolute Gasteiger partial charge is 0.481 e. The Balaban J connectivity index is 2.45. The number of carboxylic acids is 1. The zero-order valence-electron chi connectivity index (χ0n) is 6.99. The number of H-pyrrole nitrogens is 1. The quantitative estimate of drug-likeness (QED) is 0.695. The Morgan fingerprint density at radius 3 is 3.00 bits per heavy atom. The van der Waals surface area contributed by atoms with Gasteiger partial charge in [0, 0.05) is 25.1 Å². The van der Waals surface area contributed by atoms with Gasteiger partial charge >= 0.3 is 5.97 Å². The van der Waals surface area contributed by atoms with Crippen molar-refractivity contribution in [2.45, 2.75) is 19.3 Å². The van der Waals surface area contributed by atoms with E-state index in [1.807, 2.05) is 0 Å². The third kappa shape index (κ3) is 3.50. The van der Waals surface area contributed by atoms with Gasteiger partial charge in [-0.1, -0.05) is 0 Å². The van der Waals surface area contributed by atoms with Crippen LogP contribution >= 0.6 is 0 Å². The van der Waals surface area contributed by atoms with Gasteiger partial charge in [0.2, 0.25) is 0 Å². The first kappa shape index (κ1) is 9.44. The van der Waals surface area contributed by atoms with Gasteiger partial charge in [0.05, 0.1) is 0 Å². The number of nitrogens with one attached hydrogen (secondary N) is 1. The first-order valence-electron chi connectivity index (χ1n) is 3.94. The Morgan fingerprint density at radius 2 is 2.38 bits per heavy atom. The number of nitrogens with zero attached hydrogens (tertiary/aromatic N) is 1. The fraction of sp³-hybridized carbons (Fsp3) is 0.375. The van der Waals surface area contributed by atoms with Gasteiger partial charge in [0.15, 0.2) is 0 Å². The Hall–Kier alpha value is -1.65. The molecule has 0 radical (unpaired) electrons. The second-order valence-corrected chi connectivity index (χ2v) is 2.63. The highest BCUT2D eigenvalue weighted by Gasteiger charge is 1.99. The molecule has 0 aliphatic rings. The molecule has 2 N–H and O–H groups in total. The molecule has 1 aromatic heterocycles. The molecule has 70 valence electrons. The van der Waals surface area contributed by atoms with E-state index in [9.17, 15) is 9.59 Å². The van der Waals surface area contributed by atoms with Crippen molar-refractivity contribution in [1.29, 1.82) is 0 Å². The predicted molar refractivity (Wildman–Crippen MR) is 45.4 cm³/mol. The molecular formula is C8H10N2O3. The fourth-order valence-electron chi connectivity index (χ4n) is 0.945. The number of rotatable bonds is 4. The van der Waals surface area contributed by atoms with Crippen LogP contribution < -0.4 is 5.56 Å². The molecule has 0 saturated heterocycles. The average Bonchev–Trinajstić information content (AvgIpc) is 2.03. The molecule has 5 nitrogen and oxygen atoms in total. The maximum atomic E-state index is 10.8. The summed E-state index contributed by atoms with van der Waals surface area (Å²) in [7, 11) is 0. The summed E-state index contributed by atoms with van der Waals surface area (Å²) in [4.78, 5) is 27.3. The minimum atomic E-state index is -0.835. The summed E-state index contributed by atoms with van der Waals surface area (Å²) in [6.45, 7) is 0. The first-order chi connectivity index (χ1) is 6.18. The van der Waals surface area contributed by atoms with Crippen molar-refractivity contribution in [2.24, 2.45) is 0 Å². The van der Waals surface area contributed by atoms with Gasteiger partial charge in [-0.05, 0) is 6.42 Å². The molecule has 0 amide bonds. The number of carbonyl (C=O) groups is 1. The highest BCUT2D eigenvalue weighted by Crippen LogP contribution is 1.96. The molecule has 0 unspecified atom stereocenters. The summed E-state index contributed by atoms with van der Waals surface area (Å²) in [5.74, 6) is -0.299. The molecule has 0 bridgehead atoms. The molecule has 0 atom stereocenters. The normalized spacial score (nSPS) is 9.85. The summed E-state index contributed by atoms with van der Waals surface area (Å²) >= 11 is 0. The number of aromatic nitrogens is 2. The van der Waals surface area contributed by atoms with Crippen LogP contribution in [0, 0.1) is 0 Å². The molecule has 1 heterocycles. The number of hydrogen-bond donors (Lipinski definition) is 2. The molecule has 0 aromatic carbocycles. The molecule has 0 aliphatic carbocycles. The van der Waals surface area contributed by atoms with E-state index in [2.05, 4.69) is 9.97 Å².